The lowest BCUT2D eigenvalue weighted by Crippen LogP contribution is -2.36. The van der Waals surface area contributed by atoms with Crippen LogP contribution in [-0.4, -0.2) is 62.5 Å². The summed E-state index contributed by atoms with van der Waals surface area (Å²) in [6, 6.07) is 0. The summed E-state index contributed by atoms with van der Waals surface area (Å²) >= 11 is 1.60. The van der Waals surface area contributed by atoms with Crippen molar-refractivity contribution in [1.82, 2.24) is 4.90 Å². The van der Waals surface area contributed by atoms with Gasteiger partial charge in [0.25, 0.3) is 10.1 Å². The van der Waals surface area contributed by atoms with Crippen molar-refractivity contribution in [3.8, 4) is 0 Å². The molecule has 0 aliphatic carbocycles. The fourth-order valence-corrected chi connectivity index (χ4v) is 3.44. The van der Waals surface area contributed by atoms with Crippen molar-refractivity contribution < 1.29 is 22.1 Å². The van der Waals surface area contributed by atoms with Crippen molar-refractivity contribution >= 4 is 28.0 Å². The molecular formula is C12H23NO5S2. The maximum absolute atomic E-state index is 12.0. The molecular weight excluding hydrogens is 302 g/mol. The summed E-state index contributed by atoms with van der Waals surface area (Å²) in [6.45, 7) is 6.09. The molecule has 0 saturated carbocycles. The molecule has 1 heterocycles. The van der Waals surface area contributed by atoms with Crippen LogP contribution in [0.4, 0.5) is 4.79 Å². The Morgan fingerprint density at radius 2 is 1.95 bits per heavy atom. The summed E-state index contributed by atoms with van der Waals surface area (Å²) in [5, 5.41) is 0. The first-order chi connectivity index (χ1) is 9.02. The summed E-state index contributed by atoms with van der Waals surface area (Å²) in [7, 11) is -3.53. The van der Waals surface area contributed by atoms with Gasteiger partial charge in [0.2, 0.25) is 0 Å². The molecule has 0 spiro atoms. The quantitative estimate of drug-likeness (QED) is 0.730. The molecule has 0 aromatic carbocycles. The van der Waals surface area contributed by atoms with Gasteiger partial charge in [-0.3, -0.25) is 4.18 Å². The van der Waals surface area contributed by atoms with Crippen LogP contribution >= 0.6 is 11.8 Å². The zero-order valence-electron chi connectivity index (χ0n) is 12.6. The van der Waals surface area contributed by atoms with Crippen LogP contribution in [-0.2, 0) is 19.0 Å². The van der Waals surface area contributed by atoms with Gasteiger partial charge in [0.15, 0.2) is 0 Å². The minimum Gasteiger partial charge on any atom is -0.444 e. The first-order valence-corrected chi connectivity index (χ1v) is 9.58. The summed E-state index contributed by atoms with van der Waals surface area (Å²) in [6.07, 6.45) is 2.04. The predicted octanol–water partition coefficient (Wildman–Crippen LogP) is 1.56. The van der Waals surface area contributed by atoms with Crippen molar-refractivity contribution in [3.63, 3.8) is 0 Å². The summed E-state index contributed by atoms with van der Waals surface area (Å²) in [5.74, 6) is 0.728. The van der Waals surface area contributed by atoms with Gasteiger partial charge in [0.05, 0.1) is 18.9 Å². The van der Waals surface area contributed by atoms with E-state index >= 15 is 0 Å². The van der Waals surface area contributed by atoms with Gasteiger partial charge in [0, 0.05) is 18.2 Å². The van der Waals surface area contributed by atoms with E-state index in [-0.39, 0.29) is 12.5 Å². The molecule has 0 aromatic heterocycles. The maximum atomic E-state index is 12.0. The third-order valence-electron chi connectivity index (χ3n) is 2.71. The molecule has 2 unspecified atom stereocenters. The number of thioether (sulfide) groups is 1. The molecule has 0 bridgehead atoms. The molecule has 2 atom stereocenters. The number of rotatable bonds is 4. The van der Waals surface area contributed by atoms with E-state index in [9.17, 15) is 13.2 Å². The fraction of sp³-hybridized carbons (Fsp3) is 0.917. The van der Waals surface area contributed by atoms with E-state index in [0.717, 1.165) is 12.0 Å². The Hall–Kier alpha value is -0.470. The topological polar surface area (TPSA) is 72.9 Å². The van der Waals surface area contributed by atoms with E-state index in [2.05, 4.69) is 0 Å². The van der Waals surface area contributed by atoms with Gasteiger partial charge in [-0.25, -0.2) is 4.79 Å². The summed E-state index contributed by atoms with van der Waals surface area (Å²) in [4.78, 5) is 13.5. The molecule has 1 aliphatic rings. The van der Waals surface area contributed by atoms with E-state index in [4.69, 9.17) is 8.92 Å². The number of hydrogen-bond acceptors (Lipinski definition) is 6. The van der Waals surface area contributed by atoms with E-state index in [1.165, 1.54) is 4.90 Å². The van der Waals surface area contributed by atoms with Crippen LogP contribution < -0.4 is 0 Å². The van der Waals surface area contributed by atoms with Crippen LogP contribution in [0.1, 0.15) is 20.8 Å². The Morgan fingerprint density at radius 1 is 1.35 bits per heavy atom. The monoisotopic (exact) mass is 325 g/mol. The lowest BCUT2D eigenvalue weighted by Gasteiger charge is -2.24. The number of amides is 1. The standard InChI is InChI=1S/C12H23NO5S2/c1-12(2,3)17-11(14)13-6-9(8-19-4)10(7-13)18-20(5,15)16/h9-10H,6-8H2,1-5H3. The predicted molar refractivity (Wildman–Crippen MR) is 79.4 cm³/mol. The minimum atomic E-state index is -3.53. The van der Waals surface area contributed by atoms with Crippen LogP contribution in [0.25, 0.3) is 0 Å². The number of hydrogen-bond donors (Lipinski definition) is 0. The number of nitrogens with zero attached hydrogens (tertiary/aromatic N) is 1. The van der Waals surface area contributed by atoms with E-state index in [1.807, 2.05) is 6.26 Å². The van der Waals surface area contributed by atoms with Gasteiger partial charge >= 0.3 is 6.09 Å². The SMILES string of the molecule is CSCC1CN(C(=O)OC(C)(C)C)CC1OS(C)(=O)=O. The Morgan fingerprint density at radius 3 is 2.40 bits per heavy atom. The molecule has 20 heavy (non-hydrogen) atoms. The van der Waals surface area contributed by atoms with Crippen LogP contribution in [0.15, 0.2) is 0 Å². The van der Waals surface area contributed by atoms with Crippen molar-refractivity contribution in [2.24, 2.45) is 5.92 Å². The van der Waals surface area contributed by atoms with Gasteiger partial charge in [-0.15, -0.1) is 0 Å². The van der Waals surface area contributed by atoms with E-state index in [0.29, 0.717) is 6.54 Å². The van der Waals surface area contributed by atoms with Crippen LogP contribution in [0.2, 0.25) is 0 Å². The first kappa shape index (κ1) is 17.6. The third-order valence-corrected chi connectivity index (χ3v) is 4.07. The molecule has 1 aliphatic heterocycles. The number of ether oxygens (including phenoxy) is 1. The molecule has 0 N–H and O–H groups in total. The second-order valence-corrected chi connectivity index (χ2v) is 8.45. The van der Waals surface area contributed by atoms with Gasteiger partial charge in [-0.2, -0.15) is 20.2 Å². The Kier molecular flexibility index (Phi) is 5.74. The molecule has 1 saturated heterocycles. The highest BCUT2D eigenvalue weighted by molar-refractivity contribution is 7.98. The lowest BCUT2D eigenvalue weighted by atomic mass is 10.1. The molecule has 6 nitrogen and oxygen atoms in total. The number of likely N-dealkylation sites (tertiary alicyclic amines) is 1. The molecule has 1 fully saturated rings. The average molecular weight is 325 g/mol. The first-order valence-electron chi connectivity index (χ1n) is 6.37. The highest BCUT2D eigenvalue weighted by Gasteiger charge is 2.39. The number of carbonyl (C=O) groups excluding carboxylic acids is 1. The van der Waals surface area contributed by atoms with Gasteiger partial charge < -0.3 is 9.64 Å². The molecule has 0 aromatic rings. The Labute approximate surface area is 125 Å². The lowest BCUT2D eigenvalue weighted by molar-refractivity contribution is 0.0275. The van der Waals surface area contributed by atoms with Crippen molar-refractivity contribution in [2.45, 2.75) is 32.5 Å². The fourth-order valence-electron chi connectivity index (χ4n) is 2.02. The van der Waals surface area contributed by atoms with Crippen molar-refractivity contribution in [2.75, 3.05) is 31.4 Å². The van der Waals surface area contributed by atoms with Crippen LogP contribution in [0.5, 0.6) is 0 Å². The zero-order chi connectivity index (χ0) is 15.6. The summed E-state index contributed by atoms with van der Waals surface area (Å²) in [5.41, 5.74) is -0.568. The average Bonchev–Trinajstić information content (AvgIpc) is 2.57. The van der Waals surface area contributed by atoms with Gasteiger partial charge in [0.1, 0.15) is 5.60 Å². The highest BCUT2D eigenvalue weighted by Crippen LogP contribution is 2.25. The number of carbonyl (C=O) groups is 1. The highest BCUT2D eigenvalue weighted by atomic mass is 32.2. The second kappa shape index (κ2) is 6.53. The maximum Gasteiger partial charge on any atom is 0.410 e. The van der Waals surface area contributed by atoms with E-state index < -0.39 is 27.9 Å². The molecule has 0 radical (unpaired) electrons. The Bertz CT molecular complexity index is 443. The molecule has 1 amide bonds. The Balaban J connectivity index is 2.72. The third kappa shape index (κ3) is 5.88. The molecule has 118 valence electrons. The molecule has 1 rings (SSSR count). The van der Waals surface area contributed by atoms with Crippen LogP contribution in [0.3, 0.4) is 0 Å². The van der Waals surface area contributed by atoms with Crippen molar-refractivity contribution in [3.05, 3.63) is 0 Å². The van der Waals surface area contributed by atoms with Gasteiger partial charge in [-0.05, 0) is 27.0 Å². The molecule has 8 heteroatoms. The normalized spacial score (nSPS) is 23.9. The largest absolute Gasteiger partial charge is 0.444 e. The second-order valence-electron chi connectivity index (χ2n) is 5.94. The minimum absolute atomic E-state index is 0.00718. The smallest absolute Gasteiger partial charge is 0.410 e. The zero-order valence-corrected chi connectivity index (χ0v) is 14.2. The van der Waals surface area contributed by atoms with Crippen LogP contribution in [0, 0.1) is 5.92 Å². The van der Waals surface area contributed by atoms with Gasteiger partial charge in [-0.1, -0.05) is 0 Å². The summed E-state index contributed by atoms with van der Waals surface area (Å²) < 4.78 is 32.9. The van der Waals surface area contributed by atoms with E-state index in [1.54, 1.807) is 32.5 Å². The van der Waals surface area contributed by atoms with Crippen molar-refractivity contribution in [1.29, 1.82) is 0 Å².